The lowest BCUT2D eigenvalue weighted by Gasteiger charge is -2.15. The summed E-state index contributed by atoms with van der Waals surface area (Å²) in [6, 6.07) is 0.516. The number of hydrogen-bond acceptors (Lipinski definition) is 5. The molecule has 0 saturated heterocycles. The lowest BCUT2D eigenvalue weighted by atomic mass is 10.2. The van der Waals surface area contributed by atoms with Crippen molar-refractivity contribution in [2.75, 3.05) is 60.4 Å². The van der Waals surface area contributed by atoms with E-state index in [0.29, 0.717) is 45.7 Å². The summed E-state index contributed by atoms with van der Waals surface area (Å²) < 4.78 is 21.1. The number of likely N-dealkylation sites (N-methyl/N-ethyl adjacent to an activating group) is 1. The molecule has 1 atom stereocenters. The highest BCUT2D eigenvalue weighted by Crippen LogP contribution is 2.32. The van der Waals surface area contributed by atoms with Crippen molar-refractivity contribution in [2.45, 2.75) is 18.9 Å². The molecule has 0 bridgehead atoms. The summed E-state index contributed by atoms with van der Waals surface area (Å²) in [5, 5.41) is 3.30. The van der Waals surface area contributed by atoms with Crippen LogP contribution in [0.4, 0.5) is 0 Å². The molecule has 0 aromatic heterocycles. The second-order valence-corrected chi connectivity index (χ2v) is 4.53. The Labute approximate surface area is 110 Å². The van der Waals surface area contributed by atoms with Gasteiger partial charge in [0.1, 0.15) is 0 Å². The fraction of sp³-hybridized carbons (Fsp3) is 1.00. The zero-order chi connectivity index (χ0) is 13.1. The van der Waals surface area contributed by atoms with Gasteiger partial charge in [0.15, 0.2) is 0 Å². The molecule has 0 amide bonds. The molecule has 0 heterocycles. The van der Waals surface area contributed by atoms with Crippen LogP contribution in [0.5, 0.6) is 0 Å². The van der Waals surface area contributed by atoms with Crippen LogP contribution < -0.4 is 5.32 Å². The van der Waals surface area contributed by atoms with Crippen molar-refractivity contribution in [2.24, 2.45) is 5.92 Å². The third kappa shape index (κ3) is 8.00. The molecule has 5 nitrogen and oxygen atoms in total. The first-order valence-electron chi connectivity index (χ1n) is 6.78. The molecule has 1 saturated carbocycles. The van der Waals surface area contributed by atoms with Gasteiger partial charge in [-0.2, -0.15) is 0 Å². The minimum atomic E-state index is 0.516. The summed E-state index contributed by atoms with van der Waals surface area (Å²) in [4.78, 5) is 0. The standard InChI is InChI=1S/C13H27NO4/c1-14-13(12-3-4-12)11-18-10-9-17-8-7-16-6-5-15-2/h12-14H,3-11H2,1-2H3. The third-order valence-corrected chi connectivity index (χ3v) is 3.04. The Morgan fingerprint density at radius 2 is 1.50 bits per heavy atom. The highest BCUT2D eigenvalue weighted by atomic mass is 16.6. The largest absolute Gasteiger partial charge is 0.382 e. The van der Waals surface area contributed by atoms with E-state index in [1.54, 1.807) is 7.11 Å². The van der Waals surface area contributed by atoms with Crippen LogP contribution in [0.3, 0.4) is 0 Å². The van der Waals surface area contributed by atoms with Crippen LogP contribution in [-0.2, 0) is 18.9 Å². The molecule has 1 aliphatic carbocycles. The number of hydrogen-bond donors (Lipinski definition) is 1. The van der Waals surface area contributed by atoms with Crippen LogP contribution in [0.25, 0.3) is 0 Å². The molecule has 1 aliphatic rings. The van der Waals surface area contributed by atoms with Crippen molar-refractivity contribution in [3.05, 3.63) is 0 Å². The molecule has 0 spiro atoms. The van der Waals surface area contributed by atoms with E-state index in [4.69, 9.17) is 18.9 Å². The van der Waals surface area contributed by atoms with E-state index in [2.05, 4.69) is 5.32 Å². The van der Waals surface area contributed by atoms with Gasteiger partial charge in [0.2, 0.25) is 0 Å². The zero-order valence-corrected chi connectivity index (χ0v) is 11.7. The van der Waals surface area contributed by atoms with Gasteiger partial charge in [0.05, 0.1) is 46.2 Å². The molecule has 5 heteroatoms. The monoisotopic (exact) mass is 261 g/mol. The average molecular weight is 261 g/mol. The van der Waals surface area contributed by atoms with Crippen LogP contribution in [0.2, 0.25) is 0 Å². The van der Waals surface area contributed by atoms with Gasteiger partial charge in [-0.1, -0.05) is 0 Å². The molecular weight excluding hydrogens is 234 g/mol. The smallest absolute Gasteiger partial charge is 0.0701 e. The zero-order valence-electron chi connectivity index (χ0n) is 11.7. The summed E-state index contributed by atoms with van der Waals surface area (Å²) in [6.07, 6.45) is 2.67. The quantitative estimate of drug-likeness (QED) is 0.494. The predicted molar refractivity (Wildman–Crippen MR) is 69.9 cm³/mol. The molecule has 1 unspecified atom stereocenters. The van der Waals surface area contributed by atoms with E-state index in [0.717, 1.165) is 12.5 Å². The van der Waals surface area contributed by atoms with E-state index in [1.807, 2.05) is 7.05 Å². The lowest BCUT2D eigenvalue weighted by Crippen LogP contribution is -2.32. The van der Waals surface area contributed by atoms with Crippen molar-refractivity contribution in [1.82, 2.24) is 5.32 Å². The van der Waals surface area contributed by atoms with Crippen molar-refractivity contribution in [3.8, 4) is 0 Å². The summed E-state index contributed by atoms with van der Waals surface area (Å²) in [6.45, 7) is 4.57. The first-order chi connectivity index (χ1) is 8.88. The van der Waals surface area contributed by atoms with Crippen LogP contribution >= 0.6 is 0 Å². The fourth-order valence-electron chi connectivity index (χ4n) is 1.75. The van der Waals surface area contributed by atoms with Gasteiger partial charge in [-0.3, -0.25) is 0 Å². The first kappa shape index (κ1) is 15.9. The maximum atomic E-state index is 5.58. The first-order valence-corrected chi connectivity index (χ1v) is 6.78. The van der Waals surface area contributed by atoms with E-state index >= 15 is 0 Å². The van der Waals surface area contributed by atoms with Gasteiger partial charge in [-0.25, -0.2) is 0 Å². The molecule has 0 aromatic carbocycles. The number of rotatable bonds is 13. The number of methoxy groups -OCH3 is 1. The van der Waals surface area contributed by atoms with E-state index in [-0.39, 0.29) is 0 Å². The minimum absolute atomic E-state index is 0.516. The second-order valence-electron chi connectivity index (χ2n) is 4.53. The van der Waals surface area contributed by atoms with Gasteiger partial charge in [-0.05, 0) is 25.8 Å². The summed E-state index contributed by atoms with van der Waals surface area (Å²) in [7, 11) is 3.66. The molecule has 1 rings (SSSR count). The van der Waals surface area contributed by atoms with Crippen LogP contribution in [0.1, 0.15) is 12.8 Å². The van der Waals surface area contributed by atoms with Gasteiger partial charge >= 0.3 is 0 Å². The maximum Gasteiger partial charge on any atom is 0.0701 e. The Bertz CT molecular complexity index is 188. The Balaban J connectivity index is 1.75. The van der Waals surface area contributed by atoms with Crippen molar-refractivity contribution in [3.63, 3.8) is 0 Å². The van der Waals surface area contributed by atoms with E-state index < -0.39 is 0 Å². The van der Waals surface area contributed by atoms with Crippen LogP contribution in [-0.4, -0.2) is 66.4 Å². The molecular formula is C13H27NO4. The highest BCUT2D eigenvalue weighted by Gasteiger charge is 2.29. The van der Waals surface area contributed by atoms with Crippen LogP contribution in [0.15, 0.2) is 0 Å². The molecule has 0 aromatic rings. The van der Waals surface area contributed by atoms with Gasteiger partial charge in [0.25, 0.3) is 0 Å². The molecule has 18 heavy (non-hydrogen) atoms. The Hall–Kier alpha value is -0.200. The summed E-state index contributed by atoms with van der Waals surface area (Å²) in [5.74, 6) is 0.824. The third-order valence-electron chi connectivity index (χ3n) is 3.04. The normalized spacial score (nSPS) is 17.0. The average Bonchev–Trinajstić information content (AvgIpc) is 3.20. The summed E-state index contributed by atoms with van der Waals surface area (Å²) in [5.41, 5.74) is 0. The Morgan fingerprint density at radius 3 is 2.00 bits per heavy atom. The van der Waals surface area contributed by atoms with Gasteiger partial charge in [-0.15, -0.1) is 0 Å². The summed E-state index contributed by atoms with van der Waals surface area (Å²) >= 11 is 0. The van der Waals surface area contributed by atoms with Gasteiger partial charge in [0, 0.05) is 13.2 Å². The maximum absolute atomic E-state index is 5.58. The SMILES string of the molecule is CNC(COCCOCCOCCOC)C1CC1. The van der Waals surface area contributed by atoms with E-state index in [1.165, 1.54) is 12.8 Å². The number of ether oxygens (including phenoxy) is 4. The van der Waals surface area contributed by atoms with Crippen molar-refractivity contribution < 1.29 is 18.9 Å². The fourth-order valence-corrected chi connectivity index (χ4v) is 1.75. The topological polar surface area (TPSA) is 49.0 Å². The minimum Gasteiger partial charge on any atom is -0.382 e. The molecule has 1 fully saturated rings. The number of nitrogens with one attached hydrogen (secondary N) is 1. The Morgan fingerprint density at radius 1 is 0.944 bits per heavy atom. The van der Waals surface area contributed by atoms with Crippen molar-refractivity contribution >= 4 is 0 Å². The Kier molecular flexibility index (Phi) is 9.42. The lowest BCUT2D eigenvalue weighted by molar-refractivity contribution is 0.000303. The van der Waals surface area contributed by atoms with Crippen molar-refractivity contribution in [1.29, 1.82) is 0 Å². The molecule has 108 valence electrons. The van der Waals surface area contributed by atoms with E-state index in [9.17, 15) is 0 Å². The predicted octanol–water partition coefficient (Wildman–Crippen LogP) is 0.681. The van der Waals surface area contributed by atoms with Crippen LogP contribution in [0, 0.1) is 5.92 Å². The van der Waals surface area contributed by atoms with Gasteiger partial charge < -0.3 is 24.3 Å². The molecule has 1 N–H and O–H groups in total. The molecule has 0 aliphatic heterocycles. The highest BCUT2D eigenvalue weighted by molar-refractivity contribution is 4.85. The second kappa shape index (κ2) is 10.7. The molecule has 0 radical (unpaired) electrons.